The molecule has 10 heteroatoms. The molecular weight excluding hydrogens is 1010 g/mol. The van der Waals surface area contributed by atoms with E-state index in [1.54, 1.807) is 0 Å². The summed E-state index contributed by atoms with van der Waals surface area (Å²) in [5.74, 6) is -0.831. The zero-order chi connectivity index (χ0) is 58.4. The molecule has 0 rings (SSSR count). The van der Waals surface area contributed by atoms with Gasteiger partial charge >= 0.3 is 11.9 Å². The number of likely N-dealkylation sites (N-methyl/N-ethyl adjacent to an activating group) is 1. The predicted molar refractivity (Wildman–Crippen MR) is 342 cm³/mol. The molecule has 0 aliphatic rings. The summed E-state index contributed by atoms with van der Waals surface area (Å²) in [5, 5.41) is 0. The Hall–Kier alpha value is -2.55. The zero-order valence-electron chi connectivity index (χ0n) is 53.0. The van der Waals surface area contributed by atoms with Gasteiger partial charge in [0, 0.05) is 12.8 Å². The molecule has 9 nitrogen and oxygen atoms in total. The number of allylic oxidation sites excluding steroid dienone is 12. The fraction of sp³-hybridized carbons (Fsp3) is 0.800. The first-order valence-electron chi connectivity index (χ1n) is 33.6. The largest absolute Gasteiger partial charge is 0.756 e. The van der Waals surface area contributed by atoms with Gasteiger partial charge in [0.05, 0.1) is 27.7 Å². The molecular formula is C70H128NO8P. The average molecular weight is 1140 g/mol. The van der Waals surface area contributed by atoms with Crippen LogP contribution in [0.15, 0.2) is 72.9 Å². The lowest BCUT2D eigenvalue weighted by Crippen LogP contribution is -2.37. The van der Waals surface area contributed by atoms with Gasteiger partial charge in [-0.1, -0.05) is 286 Å². The van der Waals surface area contributed by atoms with Crippen LogP contribution in [0.3, 0.4) is 0 Å². The zero-order valence-corrected chi connectivity index (χ0v) is 53.9. The van der Waals surface area contributed by atoms with E-state index in [9.17, 15) is 19.0 Å². The van der Waals surface area contributed by atoms with Crippen LogP contribution in [0.4, 0.5) is 0 Å². The molecule has 0 saturated heterocycles. The van der Waals surface area contributed by atoms with E-state index in [2.05, 4.69) is 86.8 Å². The Morgan fingerprint density at radius 2 is 0.713 bits per heavy atom. The van der Waals surface area contributed by atoms with Crippen LogP contribution in [0, 0.1) is 0 Å². The molecule has 0 fully saturated rings. The smallest absolute Gasteiger partial charge is 0.306 e. The number of quaternary nitrogens is 1. The monoisotopic (exact) mass is 1140 g/mol. The topological polar surface area (TPSA) is 111 Å². The van der Waals surface area contributed by atoms with Crippen molar-refractivity contribution in [2.45, 2.75) is 315 Å². The summed E-state index contributed by atoms with van der Waals surface area (Å²) < 4.78 is 34.3. The predicted octanol–water partition coefficient (Wildman–Crippen LogP) is 21.0. The van der Waals surface area contributed by atoms with Crippen molar-refractivity contribution in [3.05, 3.63) is 72.9 Å². The van der Waals surface area contributed by atoms with Gasteiger partial charge in [0.2, 0.25) is 0 Å². The van der Waals surface area contributed by atoms with Gasteiger partial charge < -0.3 is 27.9 Å². The molecule has 2 unspecified atom stereocenters. The molecule has 0 aromatic heterocycles. The van der Waals surface area contributed by atoms with E-state index >= 15 is 0 Å². The molecule has 466 valence electrons. The minimum atomic E-state index is -4.64. The van der Waals surface area contributed by atoms with E-state index in [0.717, 1.165) is 77.0 Å². The van der Waals surface area contributed by atoms with Gasteiger partial charge in [-0.25, -0.2) is 0 Å². The van der Waals surface area contributed by atoms with E-state index in [0.29, 0.717) is 17.4 Å². The number of unbranched alkanes of at least 4 members (excludes halogenated alkanes) is 36. The van der Waals surface area contributed by atoms with Crippen molar-refractivity contribution in [1.82, 2.24) is 0 Å². The molecule has 2 atom stereocenters. The number of hydrogen-bond acceptors (Lipinski definition) is 8. The van der Waals surface area contributed by atoms with Crippen molar-refractivity contribution in [2.75, 3.05) is 47.5 Å². The van der Waals surface area contributed by atoms with E-state index < -0.39 is 26.5 Å². The molecule has 0 aliphatic carbocycles. The summed E-state index contributed by atoms with van der Waals surface area (Å²) in [6.45, 7) is 4.16. The van der Waals surface area contributed by atoms with Crippen LogP contribution >= 0.6 is 7.82 Å². The molecule has 0 N–H and O–H groups in total. The number of carbonyl (C=O) groups is 2. The molecule has 0 aromatic carbocycles. The maximum absolute atomic E-state index is 12.8. The second-order valence-electron chi connectivity index (χ2n) is 23.8. The third-order valence-corrected chi connectivity index (χ3v) is 15.7. The second-order valence-corrected chi connectivity index (χ2v) is 25.2. The summed E-state index contributed by atoms with van der Waals surface area (Å²) in [6.07, 6.45) is 81.2. The minimum Gasteiger partial charge on any atom is -0.756 e. The highest BCUT2D eigenvalue weighted by molar-refractivity contribution is 7.45. The number of rotatable bonds is 62. The number of hydrogen-bond donors (Lipinski definition) is 0. The van der Waals surface area contributed by atoms with Crippen LogP contribution in [0.1, 0.15) is 309 Å². The van der Waals surface area contributed by atoms with E-state index in [-0.39, 0.29) is 32.0 Å². The second kappa shape index (κ2) is 61.0. The summed E-state index contributed by atoms with van der Waals surface area (Å²) in [4.78, 5) is 38.0. The maximum atomic E-state index is 12.8. The lowest BCUT2D eigenvalue weighted by Gasteiger charge is -2.28. The van der Waals surface area contributed by atoms with Gasteiger partial charge in [0.15, 0.2) is 6.10 Å². The van der Waals surface area contributed by atoms with Crippen LogP contribution in [0.5, 0.6) is 0 Å². The fourth-order valence-electron chi connectivity index (χ4n) is 9.56. The first-order valence-corrected chi connectivity index (χ1v) is 35.1. The van der Waals surface area contributed by atoms with Gasteiger partial charge in [0.25, 0.3) is 7.82 Å². The van der Waals surface area contributed by atoms with Gasteiger partial charge in [-0.2, -0.15) is 0 Å². The SMILES string of the molecule is CC/C=C\C/C=C\C/C=C\C/C=C\C/C=C\CCCCCCCCCCCC(=O)OC(COC(=O)CCCCCCCCCCCCCCCCCCCCC/C=C\CCCCCCCCCC)COP(=O)([O-])OCC[N+](C)(C)C. The molecule has 0 heterocycles. The normalized spacial score (nSPS) is 13.6. The van der Waals surface area contributed by atoms with E-state index in [1.165, 1.54) is 199 Å². The van der Waals surface area contributed by atoms with Gasteiger partial charge in [-0.05, 0) is 83.5 Å². The minimum absolute atomic E-state index is 0.0335. The number of nitrogens with zero attached hydrogens (tertiary/aromatic N) is 1. The Labute approximate surface area is 495 Å². The summed E-state index contributed by atoms with van der Waals surface area (Å²) in [7, 11) is 1.17. The molecule has 80 heavy (non-hydrogen) atoms. The number of phosphoric ester groups is 1. The molecule has 0 saturated carbocycles. The third-order valence-electron chi connectivity index (χ3n) is 14.7. The Morgan fingerprint density at radius 3 is 1.07 bits per heavy atom. The summed E-state index contributed by atoms with van der Waals surface area (Å²) in [5.41, 5.74) is 0. The van der Waals surface area contributed by atoms with Gasteiger partial charge in [-0.15, -0.1) is 0 Å². The molecule has 0 aliphatic heterocycles. The van der Waals surface area contributed by atoms with Gasteiger partial charge in [-0.3, -0.25) is 14.2 Å². The van der Waals surface area contributed by atoms with Crippen LogP contribution < -0.4 is 4.89 Å². The molecule has 0 amide bonds. The van der Waals surface area contributed by atoms with Crippen LogP contribution in [0.2, 0.25) is 0 Å². The van der Waals surface area contributed by atoms with Crippen LogP contribution in [0.25, 0.3) is 0 Å². The number of phosphoric acid groups is 1. The summed E-state index contributed by atoms with van der Waals surface area (Å²) >= 11 is 0. The summed E-state index contributed by atoms with van der Waals surface area (Å²) in [6, 6.07) is 0. The van der Waals surface area contributed by atoms with Crippen molar-refractivity contribution in [1.29, 1.82) is 0 Å². The van der Waals surface area contributed by atoms with E-state index in [4.69, 9.17) is 18.5 Å². The quantitative estimate of drug-likeness (QED) is 0.0195. The van der Waals surface area contributed by atoms with Gasteiger partial charge in [0.1, 0.15) is 19.8 Å². The first kappa shape index (κ1) is 77.5. The molecule has 0 bridgehead atoms. The van der Waals surface area contributed by atoms with Crippen molar-refractivity contribution < 1.29 is 42.1 Å². The Morgan fingerprint density at radius 1 is 0.400 bits per heavy atom. The molecule has 0 radical (unpaired) electrons. The highest BCUT2D eigenvalue weighted by Crippen LogP contribution is 2.38. The third kappa shape index (κ3) is 64.6. The first-order chi connectivity index (χ1) is 39.0. The standard InChI is InChI=1S/C70H128NO8P/c1-6-8-10-12-14-16-18-20-22-24-26-28-30-32-33-34-35-36-37-39-40-42-44-46-48-50-52-54-56-58-60-62-69(72)76-66-68(67-78-80(74,75)77-65-64-71(3,4)5)79-70(73)63-61-59-57-55-53-51-49-47-45-43-41-38-31-29-27-25-23-21-19-17-15-13-11-9-7-2/h9,11,15,17,21,23-24,26-27,29,38,41,68H,6-8,10,12-14,16,18-20,22,25,28,30-37,39-40,42-67H2,1-5H3/b11-9-,17-15-,23-21-,26-24-,29-27-,41-38-. The number of esters is 2. The Balaban J connectivity index is 4.05. The van der Waals surface area contributed by atoms with Crippen molar-refractivity contribution in [2.24, 2.45) is 0 Å². The van der Waals surface area contributed by atoms with E-state index in [1.807, 2.05) is 21.1 Å². The molecule has 0 aromatic rings. The Bertz CT molecular complexity index is 1580. The van der Waals surface area contributed by atoms with Crippen LogP contribution in [-0.4, -0.2) is 70.0 Å². The van der Waals surface area contributed by atoms with Crippen molar-refractivity contribution >= 4 is 19.8 Å². The fourth-order valence-corrected chi connectivity index (χ4v) is 10.3. The lowest BCUT2D eigenvalue weighted by atomic mass is 10.0. The maximum Gasteiger partial charge on any atom is 0.306 e. The highest BCUT2D eigenvalue weighted by atomic mass is 31.2. The van der Waals surface area contributed by atoms with Crippen molar-refractivity contribution in [3.63, 3.8) is 0 Å². The lowest BCUT2D eigenvalue weighted by molar-refractivity contribution is -0.870. The highest BCUT2D eigenvalue weighted by Gasteiger charge is 2.22. The number of ether oxygens (including phenoxy) is 2. The number of carbonyl (C=O) groups excluding carboxylic acids is 2. The van der Waals surface area contributed by atoms with Crippen LogP contribution in [-0.2, 0) is 32.7 Å². The molecule has 0 spiro atoms. The van der Waals surface area contributed by atoms with Crippen molar-refractivity contribution in [3.8, 4) is 0 Å². The Kier molecular flexibility index (Phi) is 59.1. The average Bonchev–Trinajstić information content (AvgIpc) is 3.42.